The van der Waals surface area contributed by atoms with Crippen molar-refractivity contribution in [2.24, 2.45) is 4.99 Å². The molecule has 1 heterocycles. The van der Waals surface area contributed by atoms with E-state index in [4.69, 9.17) is 11.6 Å². The van der Waals surface area contributed by atoms with Gasteiger partial charge < -0.3 is 5.32 Å². The predicted molar refractivity (Wildman–Crippen MR) is 72.4 cm³/mol. The van der Waals surface area contributed by atoms with Crippen LogP contribution in [0.5, 0.6) is 0 Å². The molecule has 0 saturated carbocycles. The van der Waals surface area contributed by atoms with Crippen LogP contribution in [-0.2, 0) is 0 Å². The second-order valence-corrected chi connectivity index (χ2v) is 5.86. The lowest BCUT2D eigenvalue weighted by molar-refractivity contribution is 0.723. The first-order valence-corrected chi connectivity index (χ1v) is 6.64. The SMILES string of the molecule is CC1CN=C(NC(C)c2cccc(Cl)c2)S1. The molecule has 1 aliphatic heterocycles. The molecule has 1 aromatic rings. The largest absolute Gasteiger partial charge is 0.358 e. The number of halogens is 1. The average Bonchev–Trinajstić information content (AvgIpc) is 2.64. The van der Waals surface area contributed by atoms with Gasteiger partial charge in [-0.3, -0.25) is 4.99 Å². The molecule has 0 spiro atoms. The highest BCUT2D eigenvalue weighted by atomic mass is 35.5. The molecule has 2 unspecified atom stereocenters. The number of thioether (sulfide) groups is 1. The molecule has 2 atom stereocenters. The Morgan fingerprint density at radius 2 is 2.38 bits per heavy atom. The summed E-state index contributed by atoms with van der Waals surface area (Å²) in [6.07, 6.45) is 0. The minimum atomic E-state index is 0.246. The standard InChI is InChI=1S/C12H15ClN2S/c1-8-7-14-12(16-8)15-9(2)10-4-3-5-11(13)6-10/h3-6,8-9H,7H2,1-2H3,(H,14,15). The number of hydrogen-bond acceptors (Lipinski definition) is 3. The van der Waals surface area contributed by atoms with Crippen molar-refractivity contribution in [2.75, 3.05) is 6.54 Å². The molecule has 1 aromatic carbocycles. The van der Waals surface area contributed by atoms with Crippen molar-refractivity contribution in [3.8, 4) is 0 Å². The van der Waals surface area contributed by atoms with E-state index in [2.05, 4.69) is 30.2 Å². The lowest BCUT2D eigenvalue weighted by atomic mass is 10.1. The zero-order valence-electron chi connectivity index (χ0n) is 9.40. The zero-order valence-corrected chi connectivity index (χ0v) is 11.0. The van der Waals surface area contributed by atoms with Gasteiger partial charge in [0.1, 0.15) is 0 Å². The number of benzene rings is 1. The molecular formula is C12H15ClN2S. The molecule has 1 aliphatic rings. The van der Waals surface area contributed by atoms with Crippen LogP contribution in [0.2, 0.25) is 5.02 Å². The molecule has 2 rings (SSSR count). The Kier molecular flexibility index (Phi) is 3.77. The van der Waals surface area contributed by atoms with Crippen molar-refractivity contribution in [1.29, 1.82) is 0 Å². The summed E-state index contributed by atoms with van der Waals surface area (Å²) in [6.45, 7) is 5.22. The highest BCUT2D eigenvalue weighted by Gasteiger charge is 2.17. The summed E-state index contributed by atoms with van der Waals surface area (Å²) in [7, 11) is 0. The third-order valence-corrected chi connectivity index (χ3v) is 3.75. The molecular weight excluding hydrogens is 240 g/mol. The van der Waals surface area contributed by atoms with E-state index < -0.39 is 0 Å². The Balaban J connectivity index is 2.00. The molecule has 16 heavy (non-hydrogen) atoms. The van der Waals surface area contributed by atoms with Crippen molar-refractivity contribution in [3.63, 3.8) is 0 Å². The molecule has 0 saturated heterocycles. The lowest BCUT2D eigenvalue weighted by Gasteiger charge is -2.15. The maximum atomic E-state index is 5.97. The first-order chi connectivity index (χ1) is 7.65. The van der Waals surface area contributed by atoms with Gasteiger partial charge in [-0.05, 0) is 24.6 Å². The first kappa shape index (κ1) is 11.8. The third-order valence-electron chi connectivity index (χ3n) is 2.49. The Morgan fingerprint density at radius 3 is 3.00 bits per heavy atom. The van der Waals surface area contributed by atoms with E-state index in [0.29, 0.717) is 5.25 Å². The number of nitrogens with zero attached hydrogens (tertiary/aromatic N) is 1. The van der Waals surface area contributed by atoms with E-state index in [1.165, 1.54) is 5.56 Å². The van der Waals surface area contributed by atoms with Crippen LogP contribution in [0.25, 0.3) is 0 Å². The normalized spacial score (nSPS) is 21.7. The van der Waals surface area contributed by atoms with Crippen molar-refractivity contribution in [2.45, 2.75) is 25.1 Å². The Bertz CT molecular complexity index is 406. The van der Waals surface area contributed by atoms with Crippen molar-refractivity contribution in [1.82, 2.24) is 5.32 Å². The molecule has 0 fully saturated rings. The van der Waals surface area contributed by atoms with Crippen LogP contribution >= 0.6 is 23.4 Å². The molecule has 0 amide bonds. The molecule has 0 aromatic heterocycles. The Labute approximate surface area is 105 Å². The fraction of sp³-hybridized carbons (Fsp3) is 0.417. The van der Waals surface area contributed by atoms with Gasteiger partial charge in [-0.25, -0.2) is 0 Å². The summed E-state index contributed by atoms with van der Waals surface area (Å²) in [6, 6.07) is 8.18. The topological polar surface area (TPSA) is 24.4 Å². The van der Waals surface area contributed by atoms with Crippen LogP contribution in [0.15, 0.2) is 29.3 Å². The van der Waals surface area contributed by atoms with E-state index in [0.717, 1.165) is 16.7 Å². The predicted octanol–water partition coefficient (Wildman–Crippen LogP) is 3.48. The minimum absolute atomic E-state index is 0.246. The second kappa shape index (κ2) is 5.11. The lowest BCUT2D eigenvalue weighted by Crippen LogP contribution is -2.23. The summed E-state index contributed by atoms with van der Waals surface area (Å²) in [5, 5.41) is 5.82. The molecule has 0 radical (unpaired) electrons. The van der Waals surface area contributed by atoms with Crippen LogP contribution in [0.3, 0.4) is 0 Å². The van der Waals surface area contributed by atoms with Gasteiger partial charge in [-0.1, -0.05) is 42.4 Å². The minimum Gasteiger partial charge on any atom is -0.358 e. The average molecular weight is 255 g/mol. The van der Waals surface area contributed by atoms with Crippen LogP contribution in [-0.4, -0.2) is 17.0 Å². The summed E-state index contributed by atoms with van der Waals surface area (Å²) in [5.74, 6) is 0. The van der Waals surface area contributed by atoms with Crippen molar-refractivity contribution in [3.05, 3.63) is 34.9 Å². The Morgan fingerprint density at radius 1 is 1.56 bits per heavy atom. The first-order valence-electron chi connectivity index (χ1n) is 5.38. The molecule has 0 bridgehead atoms. The summed E-state index contributed by atoms with van der Waals surface area (Å²) in [4.78, 5) is 4.44. The summed E-state index contributed by atoms with van der Waals surface area (Å²) >= 11 is 7.76. The maximum absolute atomic E-state index is 5.97. The number of hydrogen-bond donors (Lipinski definition) is 1. The summed E-state index contributed by atoms with van der Waals surface area (Å²) in [5.41, 5.74) is 1.19. The molecule has 4 heteroatoms. The van der Waals surface area contributed by atoms with Crippen LogP contribution < -0.4 is 5.32 Å². The van der Waals surface area contributed by atoms with E-state index >= 15 is 0 Å². The van der Waals surface area contributed by atoms with E-state index in [1.807, 2.05) is 18.2 Å². The van der Waals surface area contributed by atoms with Crippen LogP contribution in [0.1, 0.15) is 25.5 Å². The molecule has 86 valence electrons. The van der Waals surface area contributed by atoms with Gasteiger partial charge in [0, 0.05) is 10.3 Å². The second-order valence-electron chi connectivity index (χ2n) is 4.00. The van der Waals surface area contributed by atoms with Gasteiger partial charge in [-0.2, -0.15) is 0 Å². The van der Waals surface area contributed by atoms with Crippen LogP contribution in [0, 0.1) is 0 Å². The quantitative estimate of drug-likeness (QED) is 0.874. The number of rotatable bonds is 2. The Hall–Kier alpha value is -0.670. The fourth-order valence-corrected chi connectivity index (χ4v) is 2.72. The van der Waals surface area contributed by atoms with Gasteiger partial charge in [0.25, 0.3) is 0 Å². The highest BCUT2D eigenvalue weighted by Crippen LogP contribution is 2.22. The van der Waals surface area contributed by atoms with Crippen molar-refractivity contribution < 1.29 is 0 Å². The van der Waals surface area contributed by atoms with Gasteiger partial charge in [0.15, 0.2) is 5.17 Å². The van der Waals surface area contributed by atoms with Gasteiger partial charge >= 0.3 is 0 Å². The van der Waals surface area contributed by atoms with Crippen LogP contribution in [0.4, 0.5) is 0 Å². The summed E-state index contributed by atoms with van der Waals surface area (Å²) < 4.78 is 0. The van der Waals surface area contributed by atoms with Gasteiger partial charge in [-0.15, -0.1) is 0 Å². The molecule has 0 aliphatic carbocycles. The zero-order chi connectivity index (χ0) is 11.5. The maximum Gasteiger partial charge on any atom is 0.157 e. The van der Waals surface area contributed by atoms with Gasteiger partial charge in [0.2, 0.25) is 0 Å². The molecule has 2 nitrogen and oxygen atoms in total. The number of nitrogens with one attached hydrogen (secondary N) is 1. The van der Waals surface area contributed by atoms with Crippen molar-refractivity contribution >= 4 is 28.5 Å². The fourth-order valence-electron chi connectivity index (χ4n) is 1.60. The number of aliphatic imine (C=N–C) groups is 1. The third kappa shape index (κ3) is 2.92. The number of amidine groups is 1. The monoisotopic (exact) mass is 254 g/mol. The molecule has 1 N–H and O–H groups in total. The van der Waals surface area contributed by atoms with E-state index in [9.17, 15) is 0 Å². The smallest absolute Gasteiger partial charge is 0.157 e. The van der Waals surface area contributed by atoms with Gasteiger partial charge in [0.05, 0.1) is 12.6 Å². The van der Waals surface area contributed by atoms with E-state index in [-0.39, 0.29) is 6.04 Å². The van der Waals surface area contributed by atoms with E-state index in [1.54, 1.807) is 11.8 Å². The highest BCUT2D eigenvalue weighted by molar-refractivity contribution is 8.14.